The largest absolute Gasteiger partial charge is 0.326 e. The molecule has 180 valence electrons. The third kappa shape index (κ3) is 4.23. The average molecular weight is 477 g/mol. The van der Waals surface area contributed by atoms with E-state index < -0.39 is 5.41 Å². The molecule has 2 atom stereocenters. The lowest BCUT2D eigenvalue weighted by atomic mass is 9.69. The van der Waals surface area contributed by atoms with Crippen molar-refractivity contribution in [2.45, 2.75) is 43.6 Å². The number of benzene rings is 2. The molecule has 0 bridgehead atoms. The quantitative estimate of drug-likeness (QED) is 0.645. The zero-order valence-electron chi connectivity index (χ0n) is 19.3. The predicted octanol–water partition coefficient (Wildman–Crippen LogP) is 3.67. The molecule has 3 aliphatic rings. The Kier molecular flexibility index (Phi) is 6.39. The Labute approximate surface area is 202 Å². The summed E-state index contributed by atoms with van der Waals surface area (Å²) in [6, 6.07) is 11.3. The van der Waals surface area contributed by atoms with Gasteiger partial charge in [-0.15, -0.1) is 5.11 Å². The maximum atomic E-state index is 14.6. The number of carbonyl (C=O) groups is 1. The molecular formula is C26H26F2N6O. The molecule has 0 aromatic heterocycles. The molecule has 35 heavy (non-hydrogen) atoms. The highest BCUT2D eigenvalue weighted by atomic mass is 19.1. The average Bonchev–Trinajstić information content (AvgIpc) is 3.54. The van der Waals surface area contributed by atoms with E-state index in [0.29, 0.717) is 44.6 Å². The summed E-state index contributed by atoms with van der Waals surface area (Å²) >= 11 is 0. The summed E-state index contributed by atoms with van der Waals surface area (Å²) in [5.74, 6) is -0.341. The summed E-state index contributed by atoms with van der Waals surface area (Å²) in [7, 11) is 0. The molecule has 1 N–H and O–H groups in total. The first kappa shape index (κ1) is 23.2. The van der Waals surface area contributed by atoms with Crippen molar-refractivity contribution < 1.29 is 13.6 Å². The maximum Gasteiger partial charge on any atom is 0.237 e. The van der Waals surface area contributed by atoms with Crippen LogP contribution in [0.3, 0.4) is 0 Å². The zero-order valence-corrected chi connectivity index (χ0v) is 19.3. The molecule has 1 saturated heterocycles. The van der Waals surface area contributed by atoms with Crippen LogP contribution in [-0.2, 0) is 23.1 Å². The minimum atomic E-state index is -0.935. The third-order valence-electron chi connectivity index (χ3n) is 7.23. The first-order valence-electron chi connectivity index (χ1n) is 11.9. The van der Waals surface area contributed by atoms with Gasteiger partial charge in [0.15, 0.2) is 12.5 Å². The fourth-order valence-corrected chi connectivity index (χ4v) is 5.61. The predicted molar refractivity (Wildman–Crippen MR) is 126 cm³/mol. The Balaban J connectivity index is 1.49. The van der Waals surface area contributed by atoms with E-state index in [9.17, 15) is 18.8 Å². The van der Waals surface area contributed by atoms with Crippen LogP contribution in [0, 0.1) is 23.0 Å². The van der Waals surface area contributed by atoms with Crippen molar-refractivity contribution in [1.29, 1.82) is 5.26 Å². The molecule has 7 nitrogen and oxygen atoms in total. The number of rotatable bonds is 6. The Morgan fingerprint density at radius 1 is 1.14 bits per heavy atom. The van der Waals surface area contributed by atoms with Crippen molar-refractivity contribution in [2.75, 3.05) is 26.3 Å². The van der Waals surface area contributed by atoms with Gasteiger partial charge in [-0.1, -0.05) is 12.1 Å². The van der Waals surface area contributed by atoms with Crippen LogP contribution in [0.5, 0.6) is 0 Å². The smallest absolute Gasteiger partial charge is 0.237 e. The maximum absolute atomic E-state index is 14.6. The number of carbonyl (C=O) groups excluding carboxylic acids is 1. The van der Waals surface area contributed by atoms with Gasteiger partial charge in [-0.25, -0.2) is 13.8 Å². The molecule has 2 aromatic rings. The summed E-state index contributed by atoms with van der Waals surface area (Å²) in [5.41, 5.74) is 2.43. The van der Waals surface area contributed by atoms with Crippen LogP contribution in [0.1, 0.15) is 41.5 Å². The molecule has 9 heteroatoms. The summed E-state index contributed by atoms with van der Waals surface area (Å²) in [6.07, 6.45) is 3.19. The zero-order chi connectivity index (χ0) is 24.4. The molecule has 1 aliphatic carbocycles. The minimum absolute atomic E-state index is 0.0918. The van der Waals surface area contributed by atoms with Gasteiger partial charge in [0.25, 0.3) is 0 Å². The second-order valence-electron chi connectivity index (χ2n) is 9.17. The molecule has 0 saturated carbocycles. The highest BCUT2D eigenvalue weighted by Crippen LogP contribution is 2.45. The summed E-state index contributed by atoms with van der Waals surface area (Å²) in [6.45, 7) is 1.27. The number of aliphatic imine (C=N–C) groups is 1. The number of likely N-dealkylation sites (tertiary alicyclic amines) is 1. The lowest BCUT2D eigenvalue weighted by Gasteiger charge is -2.35. The molecule has 2 aromatic carbocycles. The van der Waals surface area contributed by atoms with E-state index in [-0.39, 0.29) is 36.8 Å². The van der Waals surface area contributed by atoms with Crippen molar-refractivity contribution in [2.24, 2.45) is 15.2 Å². The van der Waals surface area contributed by atoms with Crippen LogP contribution in [0.2, 0.25) is 0 Å². The van der Waals surface area contributed by atoms with E-state index in [1.807, 2.05) is 0 Å². The summed E-state index contributed by atoms with van der Waals surface area (Å²) in [5, 5.41) is 20.9. The number of hydrogen-bond acceptors (Lipinski definition) is 6. The molecule has 0 radical (unpaired) electrons. The van der Waals surface area contributed by atoms with Gasteiger partial charge in [-0.05, 0) is 85.2 Å². The lowest BCUT2D eigenvalue weighted by molar-refractivity contribution is -0.130. The molecule has 1 unspecified atom stereocenters. The number of hydrogen-bond donors (Lipinski definition) is 1. The number of fused-ring (bicyclic) bond motifs is 2. The van der Waals surface area contributed by atoms with Crippen molar-refractivity contribution >= 4 is 11.7 Å². The summed E-state index contributed by atoms with van der Waals surface area (Å²) in [4.78, 5) is 18.9. The molecule has 5 rings (SSSR count). The number of azo groups is 1. The highest BCUT2D eigenvalue weighted by molar-refractivity contribution is 5.98. The summed E-state index contributed by atoms with van der Waals surface area (Å²) < 4.78 is 28.8. The van der Waals surface area contributed by atoms with Gasteiger partial charge in [0, 0.05) is 6.54 Å². The first-order chi connectivity index (χ1) is 17.0. The number of aryl methyl sites for hydroxylation is 2. The van der Waals surface area contributed by atoms with E-state index in [1.165, 1.54) is 24.3 Å². The number of nitrogens with zero attached hydrogens (tertiary/aromatic N) is 5. The number of halogens is 2. The highest BCUT2D eigenvalue weighted by Gasteiger charge is 2.45. The van der Waals surface area contributed by atoms with Gasteiger partial charge >= 0.3 is 0 Å². The van der Waals surface area contributed by atoms with E-state index >= 15 is 0 Å². The van der Waals surface area contributed by atoms with Crippen LogP contribution in [0.15, 0.2) is 51.6 Å². The molecule has 1 fully saturated rings. The van der Waals surface area contributed by atoms with Gasteiger partial charge in [0.05, 0.1) is 18.0 Å². The van der Waals surface area contributed by atoms with Crippen LogP contribution in [-0.4, -0.2) is 49.0 Å². The Morgan fingerprint density at radius 2 is 1.94 bits per heavy atom. The van der Waals surface area contributed by atoms with Gasteiger partial charge in [-0.2, -0.15) is 10.4 Å². The second-order valence-corrected chi connectivity index (χ2v) is 9.17. The Morgan fingerprint density at radius 3 is 2.74 bits per heavy atom. The van der Waals surface area contributed by atoms with Gasteiger partial charge in [-0.3, -0.25) is 4.79 Å². The second kappa shape index (κ2) is 9.62. The number of amidine groups is 1. The lowest BCUT2D eigenvalue weighted by Crippen LogP contribution is -2.43. The van der Waals surface area contributed by atoms with Crippen LogP contribution in [0.25, 0.3) is 0 Å². The number of nitrogens with one attached hydrogen (secondary N) is 1. The molecule has 1 amide bonds. The van der Waals surface area contributed by atoms with Crippen molar-refractivity contribution in [1.82, 2.24) is 10.2 Å². The van der Waals surface area contributed by atoms with Gasteiger partial charge in [0.2, 0.25) is 5.91 Å². The van der Waals surface area contributed by atoms with Crippen molar-refractivity contribution in [3.8, 4) is 6.07 Å². The van der Waals surface area contributed by atoms with E-state index in [4.69, 9.17) is 0 Å². The van der Waals surface area contributed by atoms with E-state index in [1.54, 1.807) is 17.0 Å². The standard InChI is InChI=1S/C26H26F2N6O/c27-19-7-8-22-18(12-19)4-3-17-5-6-20(28)13-23(17)26(22,25-31-16-32-33-25)9-10-30-15-24(35)34-11-1-2-21(34)14-29/h5-8,12-13,21,30H,1-4,9-11,15-16H2/t21-,26?/m0/s1. The Bertz CT molecular complexity index is 1250. The topological polar surface area (TPSA) is 93.2 Å². The molecular weight excluding hydrogens is 450 g/mol. The minimum Gasteiger partial charge on any atom is -0.326 e. The first-order valence-corrected chi connectivity index (χ1v) is 11.9. The van der Waals surface area contributed by atoms with E-state index in [0.717, 1.165) is 28.7 Å². The van der Waals surface area contributed by atoms with Gasteiger partial charge < -0.3 is 10.2 Å². The third-order valence-corrected chi connectivity index (χ3v) is 7.23. The Hall–Kier alpha value is -3.51. The SMILES string of the molecule is N#C[C@@H]1CCCN1C(=O)CNCCC1(C2=NCN=N2)c2ccc(F)cc2CCc2ccc(F)cc21. The van der Waals surface area contributed by atoms with Crippen LogP contribution < -0.4 is 5.32 Å². The molecule has 0 spiro atoms. The fourth-order valence-electron chi connectivity index (χ4n) is 5.61. The van der Waals surface area contributed by atoms with Gasteiger partial charge in [0.1, 0.15) is 17.7 Å². The molecule has 2 heterocycles. The van der Waals surface area contributed by atoms with Crippen molar-refractivity contribution in [3.05, 3.63) is 70.3 Å². The van der Waals surface area contributed by atoms with E-state index in [2.05, 4.69) is 26.6 Å². The molecule has 2 aliphatic heterocycles. The number of nitriles is 1. The van der Waals surface area contributed by atoms with Crippen LogP contribution >= 0.6 is 0 Å². The fraction of sp³-hybridized carbons (Fsp3) is 0.423. The van der Waals surface area contributed by atoms with Crippen LogP contribution in [0.4, 0.5) is 8.78 Å². The number of amides is 1. The normalized spacial score (nSPS) is 22.8. The monoisotopic (exact) mass is 476 g/mol. The van der Waals surface area contributed by atoms with Crippen molar-refractivity contribution in [3.63, 3.8) is 0 Å².